The van der Waals surface area contributed by atoms with Crippen LogP contribution in [0.15, 0.2) is 55.4 Å². The number of hydrogen-bond acceptors (Lipinski definition) is 8. The van der Waals surface area contributed by atoms with E-state index in [-0.39, 0.29) is 0 Å². The summed E-state index contributed by atoms with van der Waals surface area (Å²) in [6.45, 7) is 11.5. The number of hydrogen-bond donors (Lipinski definition) is 2. The number of aryl methyl sites for hydroxylation is 2. The Balaban J connectivity index is 1.53. The van der Waals surface area contributed by atoms with Gasteiger partial charge in [0.25, 0.3) is 0 Å². The zero-order chi connectivity index (χ0) is 23.7. The molecule has 0 unspecified atom stereocenters. The van der Waals surface area contributed by atoms with E-state index in [0.717, 1.165) is 16.8 Å². The van der Waals surface area contributed by atoms with Gasteiger partial charge in [-0.15, -0.1) is 0 Å². The summed E-state index contributed by atoms with van der Waals surface area (Å²) in [6.07, 6.45) is 6.40. The SMILES string of the molecule is [C-]#[N+]c1cc(Nc2cc(C)ncn2)cc(Cl)c1-n1cc2c(Nc3cc(C)ncn3)nccc2n1. The van der Waals surface area contributed by atoms with E-state index >= 15 is 0 Å². The lowest BCUT2D eigenvalue weighted by molar-refractivity contribution is 0.900. The van der Waals surface area contributed by atoms with E-state index < -0.39 is 0 Å². The van der Waals surface area contributed by atoms with Gasteiger partial charge in [-0.25, -0.2) is 34.4 Å². The number of halogens is 1. The first kappa shape index (κ1) is 21.2. The fourth-order valence-corrected chi connectivity index (χ4v) is 3.74. The predicted molar refractivity (Wildman–Crippen MR) is 130 cm³/mol. The van der Waals surface area contributed by atoms with Crippen LogP contribution < -0.4 is 10.6 Å². The molecule has 4 aromatic heterocycles. The van der Waals surface area contributed by atoms with Crippen molar-refractivity contribution in [1.29, 1.82) is 0 Å². The predicted octanol–water partition coefficient (Wildman–Crippen LogP) is 5.31. The standard InChI is InChI=1S/C23H17ClN10/c1-13-6-20(29-11-27-13)31-15-8-17(24)22(19(9-15)25-3)34-10-16-18(33-34)4-5-26-23(16)32-21-7-14(2)28-12-30-21/h4-12H,1-2H3,(H,27,29,31)(H,26,28,30,32). The molecule has 166 valence electrons. The quantitative estimate of drug-likeness (QED) is 0.334. The monoisotopic (exact) mass is 468 g/mol. The lowest BCUT2D eigenvalue weighted by Crippen LogP contribution is -1.99. The fraction of sp³-hybridized carbons (Fsp3) is 0.0870. The van der Waals surface area contributed by atoms with Crippen LogP contribution >= 0.6 is 11.6 Å². The molecule has 10 nitrogen and oxygen atoms in total. The third kappa shape index (κ3) is 4.20. The molecule has 4 heterocycles. The maximum Gasteiger partial charge on any atom is 0.215 e. The van der Waals surface area contributed by atoms with Gasteiger partial charge < -0.3 is 10.6 Å². The number of pyridine rings is 1. The first-order chi connectivity index (χ1) is 16.5. The molecule has 0 aliphatic carbocycles. The highest BCUT2D eigenvalue weighted by atomic mass is 35.5. The van der Waals surface area contributed by atoms with E-state index in [1.165, 1.54) is 12.7 Å². The Morgan fingerprint density at radius 3 is 2.29 bits per heavy atom. The van der Waals surface area contributed by atoms with Gasteiger partial charge in [0.2, 0.25) is 5.69 Å². The van der Waals surface area contributed by atoms with Crippen LogP contribution in [0.4, 0.5) is 28.8 Å². The van der Waals surface area contributed by atoms with Crippen LogP contribution in [-0.2, 0) is 0 Å². The van der Waals surface area contributed by atoms with Crippen molar-refractivity contribution < 1.29 is 0 Å². The minimum atomic E-state index is 0.336. The fourth-order valence-electron chi connectivity index (χ4n) is 3.44. The summed E-state index contributed by atoms with van der Waals surface area (Å²) in [7, 11) is 0. The van der Waals surface area contributed by atoms with E-state index in [1.807, 2.05) is 19.9 Å². The van der Waals surface area contributed by atoms with E-state index in [2.05, 4.69) is 45.5 Å². The van der Waals surface area contributed by atoms with Crippen molar-refractivity contribution in [3.8, 4) is 5.69 Å². The largest absolute Gasteiger partial charge is 0.341 e. The average Bonchev–Trinajstić information content (AvgIpc) is 3.23. The Kier molecular flexibility index (Phi) is 5.45. The molecule has 0 aliphatic rings. The maximum absolute atomic E-state index is 7.72. The van der Waals surface area contributed by atoms with E-state index in [0.29, 0.717) is 45.1 Å². The Hall–Kier alpha value is -4.62. The minimum absolute atomic E-state index is 0.336. The number of nitrogens with one attached hydrogen (secondary N) is 2. The van der Waals surface area contributed by atoms with Gasteiger partial charge in [-0.3, -0.25) is 0 Å². The molecule has 0 spiro atoms. The van der Waals surface area contributed by atoms with Gasteiger partial charge >= 0.3 is 0 Å². The maximum atomic E-state index is 7.72. The zero-order valence-electron chi connectivity index (χ0n) is 18.2. The number of aromatic nitrogens is 7. The molecule has 0 saturated heterocycles. The molecule has 0 atom stereocenters. The van der Waals surface area contributed by atoms with Crippen molar-refractivity contribution >= 4 is 51.3 Å². The molecule has 5 rings (SSSR count). The van der Waals surface area contributed by atoms with Gasteiger partial charge in [-0.2, -0.15) is 5.10 Å². The van der Waals surface area contributed by atoms with Gasteiger partial charge in [0.15, 0.2) is 0 Å². The second kappa shape index (κ2) is 8.73. The minimum Gasteiger partial charge on any atom is -0.341 e. The molecule has 5 aromatic rings. The smallest absolute Gasteiger partial charge is 0.215 e. The summed E-state index contributed by atoms with van der Waals surface area (Å²) in [6, 6.07) is 8.86. The lowest BCUT2D eigenvalue weighted by Gasteiger charge is -2.11. The van der Waals surface area contributed by atoms with Gasteiger partial charge in [0.1, 0.15) is 30.1 Å². The van der Waals surface area contributed by atoms with Crippen molar-refractivity contribution in [2.75, 3.05) is 10.6 Å². The lowest BCUT2D eigenvalue weighted by atomic mass is 10.2. The highest BCUT2D eigenvalue weighted by Gasteiger charge is 2.16. The second-order valence-corrected chi connectivity index (χ2v) is 7.85. The number of rotatable bonds is 5. The van der Waals surface area contributed by atoms with Crippen LogP contribution in [0.25, 0.3) is 21.4 Å². The normalized spacial score (nSPS) is 10.8. The third-order valence-electron chi connectivity index (χ3n) is 4.95. The molecule has 2 N–H and O–H groups in total. The summed E-state index contributed by atoms with van der Waals surface area (Å²) in [5.41, 5.74) is 3.79. The molecule has 0 fully saturated rings. The number of benzene rings is 1. The van der Waals surface area contributed by atoms with Crippen LogP contribution in [0.5, 0.6) is 0 Å². The molecular formula is C23H17ClN10. The third-order valence-corrected chi connectivity index (χ3v) is 5.24. The number of nitrogens with zero attached hydrogens (tertiary/aromatic N) is 8. The summed E-state index contributed by atoms with van der Waals surface area (Å²) in [4.78, 5) is 24.7. The average molecular weight is 469 g/mol. The highest BCUT2D eigenvalue weighted by Crippen LogP contribution is 2.36. The van der Waals surface area contributed by atoms with Crippen LogP contribution in [0.2, 0.25) is 5.02 Å². The Bertz CT molecular complexity index is 1570. The van der Waals surface area contributed by atoms with Crippen molar-refractivity contribution in [3.05, 3.63) is 83.2 Å². The van der Waals surface area contributed by atoms with Gasteiger partial charge in [0.05, 0.1) is 28.2 Å². The Labute approximate surface area is 199 Å². The van der Waals surface area contributed by atoms with Crippen molar-refractivity contribution in [2.24, 2.45) is 0 Å². The molecule has 0 bridgehead atoms. The molecule has 0 amide bonds. The first-order valence-corrected chi connectivity index (χ1v) is 10.5. The Morgan fingerprint density at radius 1 is 0.912 bits per heavy atom. The number of fused-ring (bicyclic) bond motifs is 1. The van der Waals surface area contributed by atoms with Crippen LogP contribution in [0.1, 0.15) is 11.4 Å². The first-order valence-electron chi connectivity index (χ1n) is 10.2. The molecule has 34 heavy (non-hydrogen) atoms. The summed E-state index contributed by atoms with van der Waals surface area (Å²) in [5, 5.41) is 12.1. The van der Waals surface area contributed by atoms with Crippen LogP contribution in [-0.4, -0.2) is 34.7 Å². The Morgan fingerprint density at radius 2 is 1.62 bits per heavy atom. The highest BCUT2D eigenvalue weighted by molar-refractivity contribution is 6.33. The van der Waals surface area contributed by atoms with E-state index in [9.17, 15) is 0 Å². The van der Waals surface area contributed by atoms with Gasteiger partial charge in [0, 0.05) is 41.6 Å². The van der Waals surface area contributed by atoms with Crippen molar-refractivity contribution in [3.63, 3.8) is 0 Å². The topological polar surface area (TPSA) is 111 Å². The zero-order valence-corrected chi connectivity index (χ0v) is 18.9. The molecule has 1 aromatic carbocycles. The molecule has 0 radical (unpaired) electrons. The van der Waals surface area contributed by atoms with Gasteiger partial charge in [-0.05, 0) is 32.0 Å². The van der Waals surface area contributed by atoms with E-state index in [4.69, 9.17) is 18.2 Å². The molecule has 0 aliphatic heterocycles. The second-order valence-electron chi connectivity index (χ2n) is 7.44. The number of anilines is 4. The van der Waals surface area contributed by atoms with Crippen molar-refractivity contribution in [2.45, 2.75) is 13.8 Å². The van der Waals surface area contributed by atoms with Crippen LogP contribution in [0.3, 0.4) is 0 Å². The van der Waals surface area contributed by atoms with Gasteiger partial charge in [-0.1, -0.05) is 11.6 Å². The molecule has 0 saturated carbocycles. The molecule has 11 heteroatoms. The summed E-state index contributed by atoms with van der Waals surface area (Å²) in [5.74, 6) is 1.81. The van der Waals surface area contributed by atoms with E-state index in [1.54, 1.807) is 41.3 Å². The summed E-state index contributed by atoms with van der Waals surface area (Å²) >= 11 is 6.63. The van der Waals surface area contributed by atoms with Crippen LogP contribution in [0, 0.1) is 20.4 Å². The van der Waals surface area contributed by atoms with Crippen molar-refractivity contribution in [1.82, 2.24) is 34.7 Å². The summed E-state index contributed by atoms with van der Waals surface area (Å²) < 4.78 is 1.59. The molecular weight excluding hydrogens is 452 g/mol.